The molecule has 0 saturated carbocycles. The zero-order valence-corrected chi connectivity index (χ0v) is 8.95. The van der Waals surface area contributed by atoms with E-state index in [9.17, 15) is 9.90 Å². The Labute approximate surface area is 89.1 Å². The smallest absolute Gasteiger partial charge is 0.226 e. The highest BCUT2D eigenvalue weighted by Crippen LogP contribution is 2.21. The highest BCUT2D eigenvalue weighted by Gasteiger charge is 2.09. The second-order valence-corrected chi connectivity index (χ2v) is 3.69. The van der Waals surface area contributed by atoms with Crippen LogP contribution in [0, 0.1) is 5.92 Å². The third-order valence-corrected chi connectivity index (χ3v) is 2.09. The predicted molar refractivity (Wildman–Crippen MR) is 59.5 cm³/mol. The molecule has 0 heterocycles. The molecule has 82 valence electrons. The molecule has 0 bridgehead atoms. The minimum atomic E-state index is -0.0792. The molecule has 0 radical (unpaired) electrons. The van der Waals surface area contributed by atoms with Crippen molar-refractivity contribution in [2.75, 3.05) is 5.32 Å². The molecular formula is C11H16N2O2. The van der Waals surface area contributed by atoms with Crippen LogP contribution in [0.4, 0.5) is 5.69 Å². The van der Waals surface area contributed by atoms with Gasteiger partial charge in [-0.15, -0.1) is 0 Å². The van der Waals surface area contributed by atoms with Gasteiger partial charge in [-0.3, -0.25) is 4.79 Å². The summed E-state index contributed by atoms with van der Waals surface area (Å²) in [4.78, 5) is 11.5. The normalized spacial score (nSPS) is 10.4. The summed E-state index contributed by atoms with van der Waals surface area (Å²) in [7, 11) is 0. The number of phenols is 1. The zero-order chi connectivity index (χ0) is 11.4. The van der Waals surface area contributed by atoms with Crippen molar-refractivity contribution in [3.05, 3.63) is 23.8 Å². The Morgan fingerprint density at radius 1 is 1.53 bits per heavy atom. The lowest BCUT2D eigenvalue weighted by molar-refractivity contribution is -0.118. The van der Waals surface area contributed by atoms with E-state index in [1.807, 2.05) is 13.8 Å². The van der Waals surface area contributed by atoms with Crippen LogP contribution < -0.4 is 11.1 Å². The van der Waals surface area contributed by atoms with E-state index in [1.165, 1.54) is 6.07 Å². The molecule has 4 nitrogen and oxygen atoms in total. The largest absolute Gasteiger partial charge is 0.508 e. The van der Waals surface area contributed by atoms with Crippen LogP contribution in [-0.2, 0) is 11.3 Å². The first-order chi connectivity index (χ1) is 7.04. The van der Waals surface area contributed by atoms with Gasteiger partial charge in [-0.25, -0.2) is 0 Å². The van der Waals surface area contributed by atoms with Gasteiger partial charge < -0.3 is 16.2 Å². The third kappa shape index (κ3) is 2.95. The summed E-state index contributed by atoms with van der Waals surface area (Å²) in [5.74, 6) is 0.0119. The fourth-order valence-electron chi connectivity index (χ4n) is 1.15. The fraction of sp³-hybridized carbons (Fsp3) is 0.364. The van der Waals surface area contributed by atoms with Gasteiger partial charge in [0, 0.05) is 18.2 Å². The Kier molecular flexibility index (Phi) is 3.68. The maximum atomic E-state index is 11.5. The third-order valence-electron chi connectivity index (χ3n) is 2.09. The monoisotopic (exact) mass is 208 g/mol. The molecular weight excluding hydrogens is 192 g/mol. The number of amides is 1. The van der Waals surface area contributed by atoms with Crippen molar-refractivity contribution in [3.8, 4) is 5.75 Å². The van der Waals surface area contributed by atoms with Gasteiger partial charge in [0.05, 0.1) is 0 Å². The average Bonchev–Trinajstić information content (AvgIpc) is 2.20. The summed E-state index contributed by atoms with van der Waals surface area (Å²) in [6.45, 7) is 3.91. The molecule has 15 heavy (non-hydrogen) atoms. The Hall–Kier alpha value is -1.55. The van der Waals surface area contributed by atoms with E-state index >= 15 is 0 Å². The zero-order valence-electron chi connectivity index (χ0n) is 8.95. The summed E-state index contributed by atoms with van der Waals surface area (Å²) >= 11 is 0. The number of nitrogens with one attached hydrogen (secondary N) is 1. The molecule has 0 saturated heterocycles. The lowest BCUT2D eigenvalue weighted by Crippen LogP contribution is -2.19. The molecule has 0 aliphatic rings. The molecule has 0 spiro atoms. The van der Waals surface area contributed by atoms with E-state index in [0.29, 0.717) is 5.69 Å². The Bertz CT molecular complexity index is 362. The SMILES string of the molecule is CC(C)C(=O)Nc1ccc(O)cc1CN. The van der Waals surface area contributed by atoms with E-state index in [0.717, 1.165) is 5.56 Å². The quantitative estimate of drug-likeness (QED) is 0.658. The summed E-state index contributed by atoms with van der Waals surface area (Å²) < 4.78 is 0. The molecule has 1 amide bonds. The van der Waals surface area contributed by atoms with Gasteiger partial charge in [0.1, 0.15) is 5.75 Å². The number of nitrogens with two attached hydrogens (primary N) is 1. The average molecular weight is 208 g/mol. The first kappa shape index (κ1) is 11.5. The van der Waals surface area contributed by atoms with Gasteiger partial charge in [0.15, 0.2) is 0 Å². The first-order valence-electron chi connectivity index (χ1n) is 4.87. The number of benzene rings is 1. The number of phenolic OH excluding ortho intramolecular Hbond substituents is 1. The number of rotatable bonds is 3. The van der Waals surface area contributed by atoms with E-state index in [4.69, 9.17) is 5.73 Å². The number of carbonyl (C=O) groups is 1. The molecule has 1 rings (SSSR count). The highest BCUT2D eigenvalue weighted by atomic mass is 16.3. The van der Waals surface area contributed by atoms with Gasteiger partial charge >= 0.3 is 0 Å². The van der Waals surface area contributed by atoms with Gasteiger partial charge in [-0.05, 0) is 23.8 Å². The minimum Gasteiger partial charge on any atom is -0.508 e. The van der Waals surface area contributed by atoms with E-state index in [2.05, 4.69) is 5.32 Å². The summed E-state index contributed by atoms with van der Waals surface area (Å²) in [6, 6.07) is 4.73. The second-order valence-electron chi connectivity index (χ2n) is 3.69. The van der Waals surface area contributed by atoms with Gasteiger partial charge in [0.25, 0.3) is 0 Å². The Morgan fingerprint density at radius 2 is 2.20 bits per heavy atom. The van der Waals surface area contributed by atoms with Crippen molar-refractivity contribution in [3.63, 3.8) is 0 Å². The fourth-order valence-corrected chi connectivity index (χ4v) is 1.15. The van der Waals surface area contributed by atoms with Crippen LogP contribution in [0.2, 0.25) is 0 Å². The number of hydrogen-bond donors (Lipinski definition) is 3. The molecule has 4 heteroatoms. The van der Waals surface area contributed by atoms with Gasteiger partial charge in [-0.2, -0.15) is 0 Å². The van der Waals surface area contributed by atoms with Crippen LogP contribution in [0.1, 0.15) is 19.4 Å². The van der Waals surface area contributed by atoms with Crippen molar-refractivity contribution in [2.45, 2.75) is 20.4 Å². The molecule has 1 aromatic rings. The maximum absolute atomic E-state index is 11.5. The predicted octanol–water partition coefficient (Wildman–Crippen LogP) is 1.45. The van der Waals surface area contributed by atoms with E-state index in [-0.39, 0.29) is 24.1 Å². The van der Waals surface area contributed by atoms with Crippen molar-refractivity contribution < 1.29 is 9.90 Å². The minimum absolute atomic E-state index is 0.0598. The summed E-state index contributed by atoms with van der Waals surface area (Å²) in [5, 5.41) is 12.0. The topological polar surface area (TPSA) is 75.3 Å². The van der Waals surface area contributed by atoms with Crippen LogP contribution in [0.5, 0.6) is 5.75 Å². The first-order valence-corrected chi connectivity index (χ1v) is 4.87. The van der Waals surface area contributed by atoms with Crippen LogP contribution in [-0.4, -0.2) is 11.0 Å². The summed E-state index contributed by atoms with van der Waals surface area (Å²) in [6.07, 6.45) is 0. The molecule has 0 atom stereocenters. The van der Waals surface area contributed by atoms with Gasteiger partial charge in [-0.1, -0.05) is 13.8 Å². The Balaban J connectivity index is 2.89. The van der Waals surface area contributed by atoms with Crippen LogP contribution >= 0.6 is 0 Å². The van der Waals surface area contributed by atoms with Crippen LogP contribution in [0.25, 0.3) is 0 Å². The molecule has 0 aromatic heterocycles. The maximum Gasteiger partial charge on any atom is 0.226 e. The molecule has 1 aromatic carbocycles. The van der Waals surface area contributed by atoms with Crippen molar-refractivity contribution in [2.24, 2.45) is 11.7 Å². The number of carbonyl (C=O) groups excluding carboxylic acids is 1. The molecule has 0 aliphatic heterocycles. The van der Waals surface area contributed by atoms with Crippen molar-refractivity contribution in [1.29, 1.82) is 0 Å². The highest BCUT2D eigenvalue weighted by molar-refractivity contribution is 5.92. The standard InChI is InChI=1S/C11H16N2O2/c1-7(2)11(15)13-10-4-3-9(14)5-8(10)6-12/h3-5,7,14H,6,12H2,1-2H3,(H,13,15). The van der Waals surface area contributed by atoms with Crippen LogP contribution in [0.15, 0.2) is 18.2 Å². The summed E-state index contributed by atoms with van der Waals surface area (Å²) in [5.41, 5.74) is 6.90. The lowest BCUT2D eigenvalue weighted by Gasteiger charge is -2.11. The lowest BCUT2D eigenvalue weighted by atomic mass is 10.1. The molecule has 4 N–H and O–H groups in total. The molecule has 0 fully saturated rings. The number of hydrogen-bond acceptors (Lipinski definition) is 3. The molecule has 0 unspecified atom stereocenters. The number of aromatic hydroxyl groups is 1. The van der Waals surface area contributed by atoms with Gasteiger partial charge in [0.2, 0.25) is 5.91 Å². The number of anilines is 1. The van der Waals surface area contributed by atoms with E-state index in [1.54, 1.807) is 12.1 Å². The van der Waals surface area contributed by atoms with Crippen LogP contribution in [0.3, 0.4) is 0 Å². The molecule has 0 aliphatic carbocycles. The Morgan fingerprint density at radius 3 is 2.73 bits per heavy atom. The second kappa shape index (κ2) is 4.79. The van der Waals surface area contributed by atoms with Crippen molar-refractivity contribution in [1.82, 2.24) is 0 Å². The van der Waals surface area contributed by atoms with Crippen molar-refractivity contribution >= 4 is 11.6 Å². The van der Waals surface area contributed by atoms with E-state index < -0.39 is 0 Å².